The van der Waals surface area contributed by atoms with Crippen LogP contribution in [0.1, 0.15) is 0 Å². The SMILES string of the molecule is CSc1ccc(OS(=O)(=O)C(F)(F)F)cc1. The molecule has 16 heavy (non-hydrogen) atoms. The fourth-order valence-electron chi connectivity index (χ4n) is 0.805. The van der Waals surface area contributed by atoms with Gasteiger partial charge in [-0.25, -0.2) is 0 Å². The Morgan fingerprint density at radius 3 is 2.06 bits per heavy atom. The molecule has 1 rings (SSSR count). The first kappa shape index (κ1) is 13.2. The molecule has 90 valence electrons. The highest BCUT2D eigenvalue weighted by Gasteiger charge is 2.48. The van der Waals surface area contributed by atoms with Crippen molar-refractivity contribution in [1.29, 1.82) is 0 Å². The Bertz CT molecular complexity index is 450. The molecule has 0 aliphatic heterocycles. The van der Waals surface area contributed by atoms with E-state index in [0.29, 0.717) is 0 Å². The van der Waals surface area contributed by atoms with E-state index in [2.05, 4.69) is 4.18 Å². The zero-order chi connectivity index (χ0) is 12.4. The lowest BCUT2D eigenvalue weighted by Gasteiger charge is -2.09. The van der Waals surface area contributed by atoms with Gasteiger partial charge in [0.15, 0.2) is 0 Å². The molecule has 0 atom stereocenters. The minimum absolute atomic E-state index is 0.366. The zero-order valence-corrected chi connectivity index (χ0v) is 9.62. The number of halogens is 3. The van der Waals surface area contributed by atoms with Gasteiger partial charge < -0.3 is 4.18 Å². The monoisotopic (exact) mass is 272 g/mol. The van der Waals surface area contributed by atoms with Gasteiger partial charge in [-0.15, -0.1) is 11.8 Å². The van der Waals surface area contributed by atoms with Crippen LogP contribution in [0.15, 0.2) is 29.2 Å². The topological polar surface area (TPSA) is 43.4 Å². The molecule has 0 aliphatic rings. The lowest BCUT2D eigenvalue weighted by atomic mass is 10.3. The van der Waals surface area contributed by atoms with E-state index in [1.807, 2.05) is 0 Å². The summed E-state index contributed by atoms with van der Waals surface area (Å²) in [6.07, 6.45) is 1.78. The summed E-state index contributed by atoms with van der Waals surface area (Å²) in [6.45, 7) is 0. The first-order valence-electron chi connectivity index (χ1n) is 3.91. The van der Waals surface area contributed by atoms with Gasteiger partial charge in [0, 0.05) is 4.90 Å². The van der Waals surface area contributed by atoms with E-state index < -0.39 is 15.6 Å². The van der Waals surface area contributed by atoms with E-state index in [9.17, 15) is 21.6 Å². The number of alkyl halides is 3. The second kappa shape index (κ2) is 4.54. The molecular weight excluding hydrogens is 265 g/mol. The number of rotatable bonds is 3. The average molecular weight is 272 g/mol. The fourth-order valence-corrected chi connectivity index (χ4v) is 1.67. The summed E-state index contributed by atoms with van der Waals surface area (Å²) in [7, 11) is -5.58. The fraction of sp³-hybridized carbons (Fsp3) is 0.250. The van der Waals surface area contributed by atoms with E-state index in [0.717, 1.165) is 17.0 Å². The summed E-state index contributed by atoms with van der Waals surface area (Å²) in [5.74, 6) is -0.366. The largest absolute Gasteiger partial charge is 0.534 e. The maximum atomic E-state index is 11.9. The van der Waals surface area contributed by atoms with Crippen molar-refractivity contribution in [3.05, 3.63) is 24.3 Å². The van der Waals surface area contributed by atoms with E-state index >= 15 is 0 Å². The van der Waals surface area contributed by atoms with Crippen LogP contribution < -0.4 is 4.18 Å². The molecule has 0 saturated heterocycles. The van der Waals surface area contributed by atoms with Gasteiger partial charge in [-0.1, -0.05) is 0 Å². The van der Waals surface area contributed by atoms with Gasteiger partial charge in [-0.05, 0) is 30.5 Å². The van der Waals surface area contributed by atoms with Crippen molar-refractivity contribution < 1.29 is 25.8 Å². The summed E-state index contributed by atoms with van der Waals surface area (Å²) < 4.78 is 61.0. The summed E-state index contributed by atoms with van der Waals surface area (Å²) in [6, 6.07) is 5.25. The molecule has 8 heteroatoms. The number of hydrogen-bond donors (Lipinski definition) is 0. The second-order valence-electron chi connectivity index (χ2n) is 2.66. The van der Waals surface area contributed by atoms with E-state index in [1.54, 1.807) is 6.26 Å². The van der Waals surface area contributed by atoms with E-state index in [4.69, 9.17) is 0 Å². The number of hydrogen-bond acceptors (Lipinski definition) is 4. The minimum Gasteiger partial charge on any atom is -0.376 e. The van der Waals surface area contributed by atoms with Crippen LogP contribution in [0.25, 0.3) is 0 Å². The molecule has 0 amide bonds. The molecule has 0 radical (unpaired) electrons. The third kappa shape index (κ3) is 3.05. The van der Waals surface area contributed by atoms with Crippen molar-refractivity contribution in [3.8, 4) is 5.75 Å². The normalized spacial score (nSPS) is 12.5. The van der Waals surface area contributed by atoms with Crippen molar-refractivity contribution in [2.75, 3.05) is 6.26 Å². The molecular formula is C8H7F3O3S2. The van der Waals surface area contributed by atoms with Crippen molar-refractivity contribution in [3.63, 3.8) is 0 Å². The van der Waals surface area contributed by atoms with Crippen molar-refractivity contribution >= 4 is 21.9 Å². The molecule has 0 heterocycles. The van der Waals surface area contributed by atoms with Crippen LogP contribution in [0.5, 0.6) is 5.75 Å². The predicted octanol–water partition coefficient (Wildman–Crippen LogP) is 2.64. The average Bonchev–Trinajstić information content (AvgIpc) is 2.16. The smallest absolute Gasteiger partial charge is 0.376 e. The molecule has 0 N–H and O–H groups in total. The molecule has 0 bridgehead atoms. The Hall–Kier alpha value is -0.890. The minimum atomic E-state index is -5.58. The van der Waals surface area contributed by atoms with Crippen molar-refractivity contribution in [1.82, 2.24) is 0 Å². The van der Waals surface area contributed by atoms with Crippen molar-refractivity contribution in [2.24, 2.45) is 0 Å². The Labute approximate surface area is 94.7 Å². The Morgan fingerprint density at radius 1 is 1.19 bits per heavy atom. The summed E-state index contributed by atoms with van der Waals surface area (Å²) >= 11 is 1.37. The number of thioether (sulfide) groups is 1. The standard InChI is InChI=1S/C8H7F3O3S2/c1-15-7-4-2-6(3-5-7)14-16(12,13)8(9,10)11/h2-5H,1H3. The molecule has 0 aromatic heterocycles. The van der Waals surface area contributed by atoms with Gasteiger partial charge in [0.1, 0.15) is 5.75 Å². The third-order valence-corrected chi connectivity index (χ3v) is 3.27. The van der Waals surface area contributed by atoms with Crippen LogP contribution in [-0.4, -0.2) is 20.2 Å². The summed E-state index contributed by atoms with van der Waals surface area (Å²) in [5, 5.41) is 0. The molecule has 1 aromatic rings. The van der Waals surface area contributed by atoms with Gasteiger partial charge in [-0.3, -0.25) is 0 Å². The Morgan fingerprint density at radius 2 is 1.69 bits per heavy atom. The van der Waals surface area contributed by atoms with Crippen LogP contribution >= 0.6 is 11.8 Å². The molecule has 3 nitrogen and oxygen atoms in total. The van der Waals surface area contributed by atoms with Gasteiger partial charge in [0.05, 0.1) is 0 Å². The van der Waals surface area contributed by atoms with E-state index in [-0.39, 0.29) is 5.75 Å². The Balaban J connectivity index is 2.89. The zero-order valence-electron chi connectivity index (χ0n) is 7.98. The second-order valence-corrected chi connectivity index (χ2v) is 5.08. The molecule has 1 aromatic carbocycles. The van der Waals surface area contributed by atoms with Gasteiger partial charge in [-0.2, -0.15) is 21.6 Å². The maximum Gasteiger partial charge on any atom is 0.534 e. The van der Waals surface area contributed by atoms with Gasteiger partial charge in [0.25, 0.3) is 0 Å². The maximum absolute atomic E-state index is 11.9. The van der Waals surface area contributed by atoms with Gasteiger partial charge >= 0.3 is 15.6 Å². The number of benzene rings is 1. The van der Waals surface area contributed by atoms with E-state index in [1.165, 1.54) is 23.9 Å². The summed E-state index contributed by atoms with van der Waals surface area (Å²) in [4.78, 5) is 0.789. The lowest BCUT2D eigenvalue weighted by molar-refractivity contribution is -0.0500. The highest BCUT2D eigenvalue weighted by atomic mass is 32.2. The molecule has 0 saturated carbocycles. The van der Waals surface area contributed by atoms with Crippen LogP contribution in [0, 0.1) is 0 Å². The van der Waals surface area contributed by atoms with Crippen LogP contribution in [0.2, 0.25) is 0 Å². The molecule has 0 fully saturated rings. The van der Waals surface area contributed by atoms with Crippen LogP contribution in [0.3, 0.4) is 0 Å². The van der Waals surface area contributed by atoms with Crippen LogP contribution in [-0.2, 0) is 10.1 Å². The molecule has 0 unspecified atom stereocenters. The van der Waals surface area contributed by atoms with Gasteiger partial charge in [0.2, 0.25) is 0 Å². The predicted molar refractivity (Wildman–Crippen MR) is 53.8 cm³/mol. The van der Waals surface area contributed by atoms with Crippen molar-refractivity contribution in [2.45, 2.75) is 10.4 Å². The third-order valence-electron chi connectivity index (χ3n) is 1.55. The molecule has 0 spiro atoms. The summed E-state index contributed by atoms with van der Waals surface area (Å²) in [5.41, 5.74) is -5.41. The highest BCUT2D eigenvalue weighted by molar-refractivity contribution is 7.98. The highest BCUT2D eigenvalue weighted by Crippen LogP contribution is 2.27. The molecule has 0 aliphatic carbocycles. The first-order chi connectivity index (χ1) is 7.26. The lowest BCUT2D eigenvalue weighted by Crippen LogP contribution is -2.27. The first-order valence-corrected chi connectivity index (χ1v) is 6.54. The quantitative estimate of drug-likeness (QED) is 0.482. The Kier molecular flexibility index (Phi) is 3.74. The van der Waals surface area contributed by atoms with Crippen LogP contribution in [0.4, 0.5) is 13.2 Å².